The molecular formula is C13H26O2. The van der Waals surface area contributed by atoms with E-state index in [1.165, 1.54) is 39.0 Å². The summed E-state index contributed by atoms with van der Waals surface area (Å²) in [6.45, 7) is 5.85. The maximum atomic E-state index is 10.8. The van der Waals surface area contributed by atoms with E-state index < -0.39 is 0 Å². The first kappa shape index (κ1) is 14.5. The Morgan fingerprint density at radius 3 is 2.20 bits per heavy atom. The molecule has 0 heterocycles. The van der Waals surface area contributed by atoms with Crippen LogP contribution >= 0.6 is 0 Å². The van der Waals surface area contributed by atoms with Crippen LogP contribution in [0.3, 0.4) is 0 Å². The number of rotatable bonds is 9. The van der Waals surface area contributed by atoms with E-state index in [9.17, 15) is 4.79 Å². The van der Waals surface area contributed by atoms with E-state index in [-0.39, 0.29) is 12.1 Å². The van der Waals surface area contributed by atoms with Crippen molar-refractivity contribution in [3.8, 4) is 0 Å². The second kappa shape index (κ2) is 10.0. The van der Waals surface area contributed by atoms with Gasteiger partial charge in [0, 0.05) is 6.92 Å². The Hall–Kier alpha value is -0.530. The molecule has 0 aromatic rings. The predicted octanol–water partition coefficient (Wildman–Crippen LogP) is 4.08. The van der Waals surface area contributed by atoms with Crippen LogP contribution < -0.4 is 0 Å². The SMILES string of the molecule is CCCCCCCC(CCC)OC(C)=O. The fourth-order valence-corrected chi connectivity index (χ4v) is 1.79. The maximum Gasteiger partial charge on any atom is 0.302 e. The molecule has 0 fully saturated rings. The van der Waals surface area contributed by atoms with Crippen LogP contribution in [-0.2, 0) is 9.53 Å². The summed E-state index contributed by atoms with van der Waals surface area (Å²) in [7, 11) is 0. The van der Waals surface area contributed by atoms with Gasteiger partial charge in [-0.05, 0) is 19.3 Å². The highest BCUT2D eigenvalue weighted by Crippen LogP contribution is 2.13. The van der Waals surface area contributed by atoms with Crippen molar-refractivity contribution >= 4 is 5.97 Å². The standard InChI is InChI=1S/C13H26O2/c1-4-6-7-8-9-11-13(10-5-2)15-12(3)14/h13H,4-11H2,1-3H3. The average Bonchev–Trinajstić information content (AvgIpc) is 2.17. The monoisotopic (exact) mass is 214 g/mol. The molecular weight excluding hydrogens is 188 g/mol. The molecule has 90 valence electrons. The third-order valence-electron chi connectivity index (χ3n) is 2.57. The molecule has 0 radical (unpaired) electrons. The molecule has 0 spiro atoms. The molecule has 0 amide bonds. The Balaban J connectivity index is 3.52. The highest BCUT2D eigenvalue weighted by molar-refractivity contribution is 5.66. The van der Waals surface area contributed by atoms with Gasteiger partial charge in [0.1, 0.15) is 6.10 Å². The van der Waals surface area contributed by atoms with Gasteiger partial charge in [0.05, 0.1) is 0 Å². The Morgan fingerprint density at radius 2 is 1.67 bits per heavy atom. The first-order valence-corrected chi connectivity index (χ1v) is 6.37. The summed E-state index contributed by atoms with van der Waals surface area (Å²) in [4.78, 5) is 10.8. The molecule has 0 aliphatic heterocycles. The van der Waals surface area contributed by atoms with Crippen molar-refractivity contribution in [1.29, 1.82) is 0 Å². The molecule has 1 atom stereocenters. The highest BCUT2D eigenvalue weighted by atomic mass is 16.5. The minimum absolute atomic E-state index is 0.137. The van der Waals surface area contributed by atoms with Crippen LogP contribution in [-0.4, -0.2) is 12.1 Å². The predicted molar refractivity (Wildman–Crippen MR) is 63.8 cm³/mol. The van der Waals surface area contributed by atoms with Gasteiger partial charge in [-0.15, -0.1) is 0 Å². The van der Waals surface area contributed by atoms with Crippen molar-refractivity contribution in [2.45, 2.75) is 78.2 Å². The summed E-state index contributed by atoms with van der Waals surface area (Å²) in [5, 5.41) is 0. The van der Waals surface area contributed by atoms with Crippen LogP contribution in [0.15, 0.2) is 0 Å². The summed E-state index contributed by atoms with van der Waals surface area (Å²) < 4.78 is 5.26. The van der Waals surface area contributed by atoms with Crippen LogP contribution in [0.5, 0.6) is 0 Å². The van der Waals surface area contributed by atoms with Gasteiger partial charge in [0.25, 0.3) is 0 Å². The zero-order chi connectivity index (χ0) is 11.5. The van der Waals surface area contributed by atoms with Crippen molar-refractivity contribution in [2.24, 2.45) is 0 Å². The van der Waals surface area contributed by atoms with Crippen LogP contribution in [0.25, 0.3) is 0 Å². The lowest BCUT2D eigenvalue weighted by atomic mass is 10.1. The average molecular weight is 214 g/mol. The highest BCUT2D eigenvalue weighted by Gasteiger charge is 2.09. The van der Waals surface area contributed by atoms with Gasteiger partial charge >= 0.3 is 5.97 Å². The Kier molecular flexibility index (Phi) is 9.65. The van der Waals surface area contributed by atoms with E-state index >= 15 is 0 Å². The van der Waals surface area contributed by atoms with E-state index in [1.807, 2.05) is 0 Å². The molecule has 0 aromatic carbocycles. The summed E-state index contributed by atoms with van der Waals surface area (Å²) in [6, 6.07) is 0. The van der Waals surface area contributed by atoms with Gasteiger partial charge in [-0.3, -0.25) is 4.79 Å². The Bertz CT molecular complexity index is 155. The van der Waals surface area contributed by atoms with Crippen molar-refractivity contribution in [3.05, 3.63) is 0 Å². The van der Waals surface area contributed by atoms with Gasteiger partial charge in [-0.2, -0.15) is 0 Å². The zero-order valence-electron chi connectivity index (χ0n) is 10.6. The van der Waals surface area contributed by atoms with Crippen molar-refractivity contribution in [2.75, 3.05) is 0 Å². The second-order valence-corrected chi connectivity index (χ2v) is 4.22. The number of carbonyl (C=O) groups is 1. The third kappa shape index (κ3) is 9.77. The minimum Gasteiger partial charge on any atom is -0.463 e. The largest absolute Gasteiger partial charge is 0.463 e. The van der Waals surface area contributed by atoms with E-state index in [0.29, 0.717) is 0 Å². The van der Waals surface area contributed by atoms with Crippen molar-refractivity contribution in [1.82, 2.24) is 0 Å². The first-order chi connectivity index (χ1) is 7.20. The fraction of sp³-hybridized carbons (Fsp3) is 0.923. The Morgan fingerprint density at radius 1 is 1.00 bits per heavy atom. The second-order valence-electron chi connectivity index (χ2n) is 4.22. The van der Waals surface area contributed by atoms with E-state index in [2.05, 4.69) is 13.8 Å². The topological polar surface area (TPSA) is 26.3 Å². The van der Waals surface area contributed by atoms with E-state index in [1.54, 1.807) is 0 Å². The quantitative estimate of drug-likeness (QED) is 0.427. The van der Waals surface area contributed by atoms with Gasteiger partial charge in [0.15, 0.2) is 0 Å². The lowest BCUT2D eigenvalue weighted by Gasteiger charge is -2.15. The molecule has 0 bridgehead atoms. The minimum atomic E-state index is -0.137. The molecule has 2 heteroatoms. The summed E-state index contributed by atoms with van der Waals surface area (Å²) in [6.07, 6.45) is 9.68. The lowest BCUT2D eigenvalue weighted by molar-refractivity contribution is -0.147. The molecule has 0 saturated carbocycles. The smallest absolute Gasteiger partial charge is 0.302 e. The number of ether oxygens (including phenoxy) is 1. The zero-order valence-corrected chi connectivity index (χ0v) is 10.6. The molecule has 0 aromatic heterocycles. The molecule has 15 heavy (non-hydrogen) atoms. The molecule has 2 nitrogen and oxygen atoms in total. The fourth-order valence-electron chi connectivity index (χ4n) is 1.79. The van der Waals surface area contributed by atoms with Gasteiger partial charge in [0.2, 0.25) is 0 Å². The van der Waals surface area contributed by atoms with Crippen molar-refractivity contribution in [3.63, 3.8) is 0 Å². The van der Waals surface area contributed by atoms with E-state index in [4.69, 9.17) is 4.74 Å². The third-order valence-corrected chi connectivity index (χ3v) is 2.57. The van der Waals surface area contributed by atoms with Crippen molar-refractivity contribution < 1.29 is 9.53 Å². The molecule has 0 saturated heterocycles. The number of carbonyl (C=O) groups excluding carboxylic acids is 1. The summed E-state index contributed by atoms with van der Waals surface area (Å²) >= 11 is 0. The molecule has 1 unspecified atom stereocenters. The summed E-state index contributed by atoms with van der Waals surface area (Å²) in [5.41, 5.74) is 0. The number of hydrogen-bond donors (Lipinski definition) is 0. The number of esters is 1. The van der Waals surface area contributed by atoms with Gasteiger partial charge in [-0.25, -0.2) is 0 Å². The van der Waals surface area contributed by atoms with Gasteiger partial charge in [-0.1, -0.05) is 46.0 Å². The van der Waals surface area contributed by atoms with Crippen LogP contribution in [0.1, 0.15) is 72.1 Å². The molecule has 0 aliphatic rings. The molecule has 0 rings (SSSR count). The normalized spacial score (nSPS) is 12.5. The number of hydrogen-bond acceptors (Lipinski definition) is 2. The van der Waals surface area contributed by atoms with Crippen LogP contribution in [0.4, 0.5) is 0 Å². The summed E-state index contributed by atoms with van der Waals surface area (Å²) in [5.74, 6) is -0.137. The molecule has 0 N–H and O–H groups in total. The Labute approximate surface area is 94.4 Å². The maximum absolute atomic E-state index is 10.8. The van der Waals surface area contributed by atoms with Gasteiger partial charge < -0.3 is 4.74 Å². The molecule has 0 aliphatic carbocycles. The van der Waals surface area contributed by atoms with Crippen LogP contribution in [0, 0.1) is 0 Å². The lowest BCUT2D eigenvalue weighted by Crippen LogP contribution is -2.15. The van der Waals surface area contributed by atoms with E-state index in [0.717, 1.165) is 19.3 Å². The van der Waals surface area contributed by atoms with Crippen LogP contribution in [0.2, 0.25) is 0 Å². The number of unbranched alkanes of at least 4 members (excludes halogenated alkanes) is 4. The first-order valence-electron chi connectivity index (χ1n) is 6.37.